The largest absolute Gasteiger partial charge is 0.507 e. The van der Waals surface area contributed by atoms with Crippen molar-refractivity contribution < 1.29 is 28.6 Å². The minimum absolute atomic E-state index is 0.00208. The SMILES string of the molecule is CCOc1ccc([C@@H]2C(=C(O)c3ccc(OC)c(F)c3)C(=O)C(=O)N2Cc2ccncc2)cc1. The predicted octanol–water partition coefficient (Wildman–Crippen LogP) is 4.25. The number of ether oxygens (including phenoxy) is 2. The Morgan fingerprint density at radius 2 is 1.79 bits per heavy atom. The summed E-state index contributed by atoms with van der Waals surface area (Å²) in [4.78, 5) is 31.6. The molecule has 1 aliphatic heterocycles. The molecule has 0 unspecified atom stereocenters. The number of aliphatic hydroxyl groups excluding tert-OH is 1. The molecule has 0 aliphatic carbocycles. The Balaban J connectivity index is 1.84. The lowest BCUT2D eigenvalue weighted by atomic mass is 9.95. The number of benzene rings is 2. The summed E-state index contributed by atoms with van der Waals surface area (Å²) < 4.78 is 24.8. The fraction of sp³-hybridized carbons (Fsp3) is 0.192. The van der Waals surface area contributed by atoms with Crippen LogP contribution in [-0.2, 0) is 16.1 Å². The van der Waals surface area contributed by atoms with Gasteiger partial charge < -0.3 is 19.5 Å². The van der Waals surface area contributed by atoms with Gasteiger partial charge in [0.2, 0.25) is 0 Å². The number of amides is 1. The molecule has 4 rings (SSSR count). The van der Waals surface area contributed by atoms with Crippen LogP contribution in [-0.4, -0.2) is 40.4 Å². The van der Waals surface area contributed by atoms with Crippen molar-refractivity contribution in [3.8, 4) is 11.5 Å². The highest BCUT2D eigenvalue weighted by molar-refractivity contribution is 6.46. The van der Waals surface area contributed by atoms with E-state index in [2.05, 4.69) is 4.98 Å². The molecular formula is C26H23FN2O5. The number of Topliss-reactive ketones (excluding diaryl/α,β-unsaturated/α-hetero) is 1. The minimum Gasteiger partial charge on any atom is -0.507 e. The maximum atomic E-state index is 14.3. The predicted molar refractivity (Wildman–Crippen MR) is 123 cm³/mol. The lowest BCUT2D eigenvalue weighted by Gasteiger charge is -2.25. The minimum atomic E-state index is -0.881. The van der Waals surface area contributed by atoms with Crippen LogP contribution in [0.1, 0.15) is 29.7 Å². The van der Waals surface area contributed by atoms with Crippen molar-refractivity contribution in [1.82, 2.24) is 9.88 Å². The number of pyridine rings is 1. The van der Waals surface area contributed by atoms with Gasteiger partial charge in [0.1, 0.15) is 11.5 Å². The Hall–Kier alpha value is -4.20. The number of halogens is 1. The Labute approximate surface area is 196 Å². The van der Waals surface area contributed by atoms with Crippen molar-refractivity contribution in [2.45, 2.75) is 19.5 Å². The van der Waals surface area contributed by atoms with Crippen molar-refractivity contribution in [3.63, 3.8) is 0 Å². The first kappa shape index (κ1) is 23.0. The lowest BCUT2D eigenvalue weighted by molar-refractivity contribution is -0.140. The number of carbonyl (C=O) groups is 2. The van der Waals surface area contributed by atoms with E-state index in [1.165, 1.54) is 24.1 Å². The van der Waals surface area contributed by atoms with Gasteiger partial charge in [0.05, 0.1) is 25.3 Å². The van der Waals surface area contributed by atoms with Crippen LogP contribution < -0.4 is 9.47 Å². The van der Waals surface area contributed by atoms with E-state index < -0.39 is 29.3 Å². The van der Waals surface area contributed by atoms with Gasteiger partial charge >= 0.3 is 0 Å². The number of nitrogens with zero attached hydrogens (tertiary/aromatic N) is 2. The molecule has 3 aromatic rings. The smallest absolute Gasteiger partial charge is 0.295 e. The van der Waals surface area contributed by atoms with E-state index in [0.717, 1.165) is 11.6 Å². The van der Waals surface area contributed by atoms with Crippen molar-refractivity contribution in [1.29, 1.82) is 0 Å². The van der Waals surface area contributed by atoms with Crippen LogP contribution in [0.15, 0.2) is 72.6 Å². The average molecular weight is 462 g/mol. The van der Waals surface area contributed by atoms with Crippen LogP contribution in [0, 0.1) is 5.82 Å². The molecule has 1 fully saturated rings. The third kappa shape index (κ3) is 4.34. The number of hydrogen-bond donors (Lipinski definition) is 1. The second-order valence-electron chi connectivity index (χ2n) is 7.63. The van der Waals surface area contributed by atoms with E-state index in [-0.39, 0.29) is 23.4 Å². The normalized spacial score (nSPS) is 17.1. The molecule has 8 heteroatoms. The van der Waals surface area contributed by atoms with Gasteiger partial charge in [-0.2, -0.15) is 0 Å². The summed E-state index contributed by atoms with van der Waals surface area (Å²) in [6.45, 7) is 2.48. The van der Waals surface area contributed by atoms with E-state index in [1.807, 2.05) is 6.92 Å². The Kier molecular flexibility index (Phi) is 6.58. The van der Waals surface area contributed by atoms with Gasteiger partial charge in [-0.05, 0) is 60.5 Å². The van der Waals surface area contributed by atoms with Gasteiger partial charge in [-0.1, -0.05) is 12.1 Å². The number of ketones is 1. The summed E-state index contributed by atoms with van der Waals surface area (Å²) in [7, 11) is 1.33. The monoisotopic (exact) mass is 462 g/mol. The van der Waals surface area contributed by atoms with Crippen LogP contribution in [0.25, 0.3) is 5.76 Å². The molecule has 7 nitrogen and oxygen atoms in total. The van der Waals surface area contributed by atoms with E-state index in [1.54, 1.807) is 48.8 Å². The number of methoxy groups -OCH3 is 1. The van der Waals surface area contributed by atoms with Crippen LogP contribution in [0.3, 0.4) is 0 Å². The molecule has 0 radical (unpaired) electrons. The topological polar surface area (TPSA) is 89.0 Å². The highest BCUT2D eigenvalue weighted by Crippen LogP contribution is 2.41. The lowest BCUT2D eigenvalue weighted by Crippen LogP contribution is -2.29. The highest BCUT2D eigenvalue weighted by Gasteiger charge is 2.46. The molecule has 2 heterocycles. The number of aliphatic hydroxyl groups is 1. The summed E-state index contributed by atoms with van der Waals surface area (Å²) in [5, 5.41) is 11.1. The standard InChI is InChI=1S/C26H23FN2O5/c1-3-34-19-7-4-17(5-8-19)23-22(24(30)18-6-9-21(33-2)20(27)14-18)25(31)26(32)29(23)15-16-10-12-28-13-11-16/h4-14,23,30H,3,15H2,1-2H3/t23-/m1/s1. The number of aromatic nitrogens is 1. The summed E-state index contributed by atoms with van der Waals surface area (Å²) >= 11 is 0. The molecule has 174 valence electrons. The molecule has 1 saturated heterocycles. The van der Waals surface area contributed by atoms with E-state index in [0.29, 0.717) is 17.9 Å². The Morgan fingerprint density at radius 1 is 1.09 bits per heavy atom. The quantitative estimate of drug-likeness (QED) is 0.321. The van der Waals surface area contributed by atoms with Crippen LogP contribution >= 0.6 is 0 Å². The first-order valence-electron chi connectivity index (χ1n) is 10.7. The zero-order valence-corrected chi connectivity index (χ0v) is 18.7. The van der Waals surface area contributed by atoms with Gasteiger partial charge in [-0.3, -0.25) is 14.6 Å². The third-order valence-electron chi connectivity index (χ3n) is 5.57. The van der Waals surface area contributed by atoms with E-state index in [4.69, 9.17) is 9.47 Å². The van der Waals surface area contributed by atoms with Crippen LogP contribution in [0.5, 0.6) is 11.5 Å². The molecule has 1 aliphatic rings. The molecule has 1 N–H and O–H groups in total. The third-order valence-corrected chi connectivity index (χ3v) is 5.57. The molecule has 0 bridgehead atoms. The second-order valence-corrected chi connectivity index (χ2v) is 7.63. The molecule has 1 atom stereocenters. The number of rotatable bonds is 7. The zero-order valence-electron chi connectivity index (χ0n) is 18.7. The average Bonchev–Trinajstić information content (AvgIpc) is 3.10. The van der Waals surface area contributed by atoms with Crippen molar-refractivity contribution >= 4 is 17.4 Å². The molecular weight excluding hydrogens is 439 g/mol. The van der Waals surface area contributed by atoms with Crippen LogP contribution in [0.4, 0.5) is 4.39 Å². The van der Waals surface area contributed by atoms with Crippen molar-refractivity contribution in [3.05, 3.63) is 95.1 Å². The summed E-state index contributed by atoms with van der Waals surface area (Å²) in [5.74, 6) is -2.13. The molecule has 1 aromatic heterocycles. The summed E-state index contributed by atoms with van der Waals surface area (Å²) in [6, 6.07) is 13.4. The van der Waals surface area contributed by atoms with Gasteiger partial charge in [-0.25, -0.2) is 4.39 Å². The van der Waals surface area contributed by atoms with Gasteiger partial charge in [-0.15, -0.1) is 0 Å². The zero-order chi connectivity index (χ0) is 24.2. The van der Waals surface area contributed by atoms with Crippen molar-refractivity contribution in [2.75, 3.05) is 13.7 Å². The number of likely N-dealkylation sites (tertiary alicyclic amines) is 1. The first-order chi connectivity index (χ1) is 16.4. The molecule has 2 aromatic carbocycles. The highest BCUT2D eigenvalue weighted by atomic mass is 19.1. The number of hydrogen-bond acceptors (Lipinski definition) is 6. The summed E-state index contributed by atoms with van der Waals surface area (Å²) in [6.07, 6.45) is 3.19. The van der Waals surface area contributed by atoms with Gasteiger partial charge in [0, 0.05) is 24.5 Å². The molecule has 34 heavy (non-hydrogen) atoms. The molecule has 0 saturated carbocycles. The first-order valence-corrected chi connectivity index (χ1v) is 10.7. The molecule has 1 amide bonds. The maximum Gasteiger partial charge on any atom is 0.295 e. The maximum absolute atomic E-state index is 14.3. The summed E-state index contributed by atoms with van der Waals surface area (Å²) in [5.41, 5.74) is 1.32. The number of carbonyl (C=O) groups excluding carboxylic acids is 2. The Morgan fingerprint density at radius 3 is 2.41 bits per heavy atom. The van der Waals surface area contributed by atoms with Crippen molar-refractivity contribution in [2.24, 2.45) is 0 Å². The fourth-order valence-electron chi connectivity index (χ4n) is 3.96. The van der Waals surface area contributed by atoms with Gasteiger partial charge in [0.15, 0.2) is 11.6 Å². The van der Waals surface area contributed by atoms with E-state index in [9.17, 15) is 19.1 Å². The fourth-order valence-corrected chi connectivity index (χ4v) is 3.96. The van der Waals surface area contributed by atoms with Gasteiger partial charge in [0.25, 0.3) is 11.7 Å². The van der Waals surface area contributed by atoms with E-state index >= 15 is 0 Å². The second kappa shape index (κ2) is 9.74. The molecule has 0 spiro atoms. The Bertz CT molecular complexity index is 1240. The van der Waals surface area contributed by atoms with Crippen LogP contribution in [0.2, 0.25) is 0 Å².